The number of unbranched alkanes of at least 4 members (excludes halogenated alkanes) is 15. The summed E-state index contributed by atoms with van der Waals surface area (Å²) >= 11 is 0. The Bertz CT molecular complexity index is 1110. The molecule has 1 rings (SSSR count). The van der Waals surface area contributed by atoms with Crippen LogP contribution < -0.4 is 0 Å². The van der Waals surface area contributed by atoms with Gasteiger partial charge in [-0.3, -0.25) is 9.59 Å². The van der Waals surface area contributed by atoms with E-state index in [2.05, 4.69) is 74.6 Å². The number of hydrogen-bond donors (Lipinski definition) is 4. The van der Waals surface area contributed by atoms with E-state index in [1.807, 2.05) is 0 Å². The molecule has 0 aromatic rings. The molecule has 1 saturated heterocycles. The number of allylic oxidation sites excluding steroid dienone is 10. The summed E-state index contributed by atoms with van der Waals surface area (Å²) in [6.45, 7) is 3.29. The summed E-state index contributed by atoms with van der Waals surface area (Å²) in [5.74, 6) is -0.872. The maximum Gasteiger partial charge on any atom is 0.306 e. The molecule has 10 nitrogen and oxygen atoms in total. The summed E-state index contributed by atoms with van der Waals surface area (Å²) < 4.78 is 22.1. The van der Waals surface area contributed by atoms with Crippen molar-refractivity contribution in [3.63, 3.8) is 0 Å². The average molecular weight is 805 g/mol. The number of aliphatic hydroxyl groups is 4. The lowest BCUT2D eigenvalue weighted by Gasteiger charge is -2.39. The van der Waals surface area contributed by atoms with Gasteiger partial charge < -0.3 is 39.4 Å². The zero-order valence-corrected chi connectivity index (χ0v) is 35.6. The molecule has 4 N–H and O–H groups in total. The molecule has 0 bridgehead atoms. The van der Waals surface area contributed by atoms with Gasteiger partial charge in [0.05, 0.1) is 13.2 Å². The second-order valence-electron chi connectivity index (χ2n) is 15.1. The van der Waals surface area contributed by atoms with Crippen molar-refractivity contribution in [3.8, 4) is 0 Å². The van der Waals surface area contributed by atoms with Gasteiger partial charge in [0.15, 0.2) is 12.4 Å². The van der Waals surface area contributed by atoms with Crippen LogP contribution in [0.5, 0.6) is 0 Å². The first-order chi connectivity index (χ1) is 27.8. The van der Waals surface area contributed by atoms with Crippen LogP contribution in [0.1, 0.15) is 168 Å². The van der Waals surface area contributed by atoms with E-state index in [1.165, 1.54) is 64.2 Å². The lowest BCUT2D eigenvalue weighted by Crippen LogP contribution is -2.59. The van der Waals surface area contributed by atoms with Crippen LogP contribution in [0.3, 0.4) is 0 Å². The third-order valence-electron chi connectivity index (χ3n) is 9.86. The number of rotatable bonds is 36. The fourth-order valence-corrected chi connectivity index (χ4v) is 6.29. The molecule has 1 aliphatic heterocycles. The Morgan fingerprint density at radius 3 is 1.60 bits per heavy atom. The zero-order valence-electron chi connectivity index (χ0n) is 35.6. The highest BCUT2D eigenvalue weighted by molar-refractivity contribution is 5.70. The third-order valence-corrected chi connectivity index (χ3v) is 9.86. The normalized spacial score (nSPS) is 20.8. The number of carbonyl (C=O) groups excluding carboxylic acids is 2. The van der Waals surface area contributed by atoms with Crippen molar-refractivity contribution in [2.24, 2.45) is 0 Å². The number of esters is 2. The van der Waals surface area contributed by atoms with E-state index in [0.717, 1.165) is 64.2 Å². The highest BCUT2D eigenvalue weighted by atomic mass is 16.7. The van der Waals surface area contributed by atoms with E-state index in [4.69, 9.17) is 18.9 Å². The monoisotopic (exact) mass is 805 g/mol. The second-order valence-corrected chi connectivity index (χ2v) is 15.1. The van der Waals surface area contributed by atoms with Gasteiger partial charge in [0.25, 0.3) is 0 Å². The van der Waals surface area contributed by atoms with Crippen LogP contribution >= 0.6 is 0 Å². The summed E-state index contributed by atoms with van der Waals surface area (Å²) in [6.07, 6.45) is 38.0. The van der Waals surface area contributed by atoms with Crippen molar-refractivity contribution in [2.45, 2.75) is 205 Å². The Morgan fingerprint density at radius 2 is 1.02 bits per heavy atom. The van der Waals surface area contributed by atoms with Gasteiger partial charge in [0, 0.05) is 12.8 Å². The summed E-state index contributed by atoms with van der Waals surface area (Å²) in [7, 11) is 0. The van der Waals surface area contributed by atoms with Crippen LogP contribution in [0.25, 0.3) is 0 Å². The molecule has 0 amide bonds. The van der Waals surface area contributed by atoms with Gasteiger partial charge in [0.2, 0.25) is 0 Å². The van der Waals surface area contributed by atoms with Gasteiger partial charge in [-0.1, -0.05) is 139 Å². The standard InChI is InChI=1S/C47H80O10/c1-3-5-7-9-11-13-15-17-19-20-22-23-25-27-29-31-33-35-42(49)54-38-40(39-55-47-46(53)45(52)44(51)41(37-48)57-47)56-43(50)36-34-32-30-28-26-24-21-18-16-14-12-10-8-6-4-2/h7,9,13,15,19-20,23,25-26,28,40-41,44-48,51-53H,3-6,8,10-12,14,16-18,21-22,24,27,29-39H2,1-2H3/b9-7+,15-13+,20-19+,25-23+,28-26+/t40-,41-,44+,45?,46?,47-/m0/s1. The molecule has 0 aliphatic carbocycles. The van der Waals surface area contributed by atoms with Gasteiger partial charge in [-0.25, -0.2) is 0 Å². The maximum absolute atomic E-state index is 12.7. The van der Waals surface area contributed by atoms with Gasteiger partial charge >= 0.3 is 11.9 Å². The molecule has 0 aromatic carbocycles. The molecule has 1 heterocycles. The Balaban J connectivity index is 2.38. The van der Waals surface area contributed by atoms with Crippen molar-refractivity contribution in [1.82, 2.24) is 0 Å². The quantitative estimate of drug-likeness (QED) is 0.0274. The third kappa shape index (κ3) is 29.3. The summed E-state index contributed by atoms with van der Waals surface area (Å²) in [4.78, 5) is 25.3. The Kier molecular flexibility index (Phi) is 34.6. The van der Waals surface area contributed by atoms with Crippen molar-refractivity contribution in [2.75, 3.05) is 19.8 Å². The van der Waals surface area contributed by atoms with Crippen molar-refractivity contribution >= 4 is 11.9 Å². The minimum atomic E-state index is -1.60. The molecule has 0 spiro atoms. The molecule has 2 unspecified atom stereocenters. The summed E-state index contributed by atoms with van der Waals surface area (Å²) in [6, 6.07) is 0. The molecule has 0 radical (unpaired) electrons. The van der Waals surface area contributed by atoms with Crippen LogP contribution in [0.2, 0.25) is 0 Å². The van der Waals surface area contributed by atoms with Crippen LogP contribution in [0.15, 0.2) is 60.8 Å². The minimum absolute atomic E-state index is 0.190. The molecule has 10 heteroatoms. The van der Waals surface area contributed by atoms with Gasteiger partial charge in [-0.15, -0.1) is 0 Å². The maximum atomic E-state index is 12.7. The predicted molar refractivity (Wildman–Crippen MR) is 228 cm³/mol. The Morgan fingerprint density at radius 1 is 0.544 bits per heavy atom. The van der Waals surface area contributed by atoms with E-state index in [-0.39, 0.29) is 26.1 Å². The van der Waals surface area contributed by atoms with Gasteiger partial charge in [-0.2, -0.15) is 0 Å². The molecule has 1 fully saturated rings. The fourth-order valence-electron chi connectivity index (χ4n) is 6.29. The number of ether oxygens (including phenoxy) is 4. The zero-order chi connectivity index (χ0) is 41.6. The van der Waals surface area contributed by atoms with Crippen molar-refractivity contribution < 1.29 is 49.0 Å². The number of aliphatic hydroxyl groups excluding tert-OH is 4. The first-order valence-electron chi connectivity index (χ1n) is 22.4. The van der Waals surface area contributed by atoms with E-state index in [1.54, 1.807) is 0 Å². The SMILES string of the molecule is CCC/C=C/C/C=C/C/C=C/C/C=C/CCCCCC(=O)OC[C@@H](CO[C@H]1O[C@@H](CO)[C@@H](O)C(O)C1O)OC(=O)CCCC/C=C/CCCCCCCCCCC. The highest BCUT2D eigenvalue weighted by Crippen LogP contribution is 2.22. The highest BCUT2D eigenvalue weighted by Gasteiger charge is 2.44. The van der Waals surface area contributed by atoms with E-state index in [0.29, 0.717) is 12.8 Å². The summed E-state index contributed by atoms with van der Waals surface area (Å²) in [5.41, 5.74) is 0. The molecule has 57 heavy (non-hydrogen) atoms. The average Bonchev–Trinajstić information content (AvgIpc) is 3.21. The predicted octanol–water partition coefficient (Wildman–Crippen LogP) is 9.44. The molecule has 6 atom stereocenters. The topological polar surface area (TPSA) is 152 Å². The lowest BCUT2D eigenvalue weighted by molar-refractivity contribution is -0.305. The lowest BCUT2D eigenvalue weighted by atomic mass is 9.99. The molecular formula is C47H80O10. The second kappa shape index (κ2) is 37.7. The number of hydrogen-bond acceptors (Lipinski definition) is 10. The largest absolute Gasteiger partial charge is 0.462 e. The van der Waals surface area contributed by atoms with Crippen molar-refractivity contribution in [1.29, 1.82) is 0 Å². The smallest absolute Gasteiger partial charge is 0.306 e. The molecule has 0 aromatic heterocycles. The van der Waals surface area contributed by atoms with Gasteiger partial charge in [-0.05, 0) is 77.0 Å². The summed E-state index contributed by atoms with van der Waals surface area (Å²) in [5, 5.41) is 40.0. The fraction of sp³-hybridized carbons (Fsp3) is 0.745. The Hall–Kier alpha value is -2.60. The number of carbonyl (C=O) groups is 2. The van der Waals surface area contributed by atoms with Crippen molar-refractivity contribution in [3.05, 3.63) is 60.8 Å². The van der Waals surface area contributed by atoms with Crippen LogP contribution in [-0.2, 0) is 28.5 Å². The molecule has 1 aliphatic rings. The molecular weight excluding hydrogens is 725 g/mol. The van der Waals surface area contributed by atoms with Crippen LogP contribution in [0, 0.1) is 0 Å². The molecule has 328 valence electrons. The first-order valence-corrected chi connectivity index (χ1v) is 22.4. The van der Waals surface area contributed by atoms with Crippen LogP contribution in [0.4, 0.5) is 0 Å². The van der Waals surface area contributed by atoms with Crippen LogP contribution in [-0.4, -0.2) is 89.0 Å². The Labute approximate surface area is 345 Å². The van der Waals surface area contributed by atoms with E-state index < -0.39 is 55.4 Å². The van der Waals surface area contributed by atoms with Gasteiger partial charge in [0.1, 0.15) is 31.0 Å². The molecule has 0 saturated carbocycles. The van der Waals surface area contributed by atoms with E-state index >= 15 is 0 Å². The first kappa shape index (κ1) is 52.4. The minimum Gasteiger partial charge on any atom is -0.462 e. The van der Waals surface area contributed by atoms with E-state index in [9.17, 15) is 30.0 Å².